The fourth-order valence-corrected chi connectivity index (χ4v) is 1.80. The molecule has 1 nitrogen and oxygen atoms in total. The summed E-state index contributed by atoms with van der Waals surface area (Å²) >= 11 is 0. The summed E-state index contributed by atoms with van der Waals surface area (Å²) in [5, 5.41) is 3.52. The van der Waals surface area contributed by atoms with Crippen LogP contribution in [-0.4, -0.2) is 6.54 Å². The molecule has 0 saturated carbocycles. The van der Waals surface area contributed by atoms with E-state index in [0.717, 1.165) is 13.0 Å². The molecule has 0 amide bonds. The van der Waals surface area contributed by atoms with Gasteiger partial charge in [0.2, 0.25) is 0 Å². The lowest BCUT2D eigenvalue weighted by Gasteiger charge is -2.13. The van der Waals surface area contributed by atoms with Gasteiger partial charge in [-0.1, -0.05) is 39.0 Å². The van der Waals surface area contributed by atoms with Crippen LogP contribution in [0.5, 0.6) is 0 Å². The van der Waals surface area contributed by atoms with Crippen molar-refractivity contribution in [1.29, 1.82) is 0 Å². The van der Waals surface area contributed by atoms with Crippen LogP contribution >= 0.6 is 0 Å². The molecule has 0 aromatic heterocycles. The van der Waals surface area contributed by atoms with Gasteiger partial charge in [0.1, 0.15) is 0 Å². The van der Waals surface area contributed by atoms with Crippen LogP contribution in [0.4, 0.5) is 5.69 Å². The average Bonchev–Trinajstić information content (AvgIpc) is 2.28. The normalized spacial score (nSPS) is 12.0. The van der Waals surface area contributed by atoms with E-state index in [1.54, 1.807) is 0 Å². The number of benzene rings is 1. The maximum atomic E-state index is 3.52. The number of hydrogen-bond acceptors (Lipinski definition) is 1. The maximum Gasteiger partial charge on any atom is 0.0376 e. The number of anilines is 1. The Kier molecular flexibility index (Phi) is 5.27. The van der Waals surface area contributed by atoms with Gasteiger partial charge in [-0.3, -0.25) is 0 Å². The highest BCUT2D eigenvalue weighted by Crippen LogP contribution is 2.22. The highest BCUT2D eigenvalue weighted by atomic mass is 14.9. The Hall–Kier alpha value is -1.24. The van der Waals surface area contributed by atoms with Gasteiger partial charge < -0.3 is 5.32 Å². The minimum Gasteiger partial charge on any atom is -0.385 e. The van der Waals surface area contributed by atoms with Crippen LogP contribution in [0.2, 0.25) is 0 Å². The van der Waals surface area contributed by atoms with Gasteiger partial charge in [-0.25, -0.2) is 0 Å². The molecule has 0 atom stereocenters. The number of hydrogen-bond donors (Lipinski definition) is 1. The Balaban J connectivity index is 2.90. The van der Waals surface area contributed by atoms with Crippen LogP contribution in [0.15, 0.2) is 24.3 Å². The lowest BCUT2D eigenvalue weighted by molar-refractivity contribution is 0.688. The molecular formula is C16H25N. The predicted octanol–water partition coefficient (Wildman–Crippen LogP) is 4.88. The molecule has 1 aromatic rings. The molecule has 0 bridgehead atoms. The standard InChI is InChI=1S/C16H25N/c1-6-7-13(4)15-9-8-14(5)16(10-15)17-11-12(2)3/h7-10,12,17H,6,11H2,1-5H3/b13-7-. The molecule has 0 aliphatic carbocycles. The molecule has 0 fully saturated rings. The number of allylic oxidation sites excluding steroid dienone is 2. The van der Waals surface area contributed by atoms with Crippen molar-refractivity contribution in [2.24, 2.45) is 5.92 Å². The minimum atomic E-state index is 0.672. The Morgan fingerprint density at radius 2 is 2.06 bits per heavy atom. The average molecular weight is 231 g/mol. The molecule has 0 saturated heterocycles. The van der Waals surface area contributed by atoms with Crippen LogP contribution in [0.25, 0.3) is 5.57 Å². The van der Waals surface area contributed by atoms with Crippen LogP contribution in [0.1, 0.15) is 45.2 Å². The molecule has 0 spiro atoms. The zero-order valence-electron chi connectivity index (χ0n) is 11.8. The van der Waals surface area contributed by atoms with E-state index in [9.17, 15) is 0 Å². The summed E-state index contributed by atoms with van der Waals surface area (Å²) in [6.07, 6.45) is 3.37. The van der Waals surface area contributed by atoms with Crippen molar-refractivity contribution in [3.63, 3.8) is 0 Å². The third-order valence-electron chi connectivity index (χ3n) is 2.90. The van der Waals surface area contributed by atoms with Crippen LogP contribution < -0.4 is 5.32 Å². The Bertz CT molecular complexity index is 389. The van der Waals surface area contributed by atoms with Gasteiger partial charge in [-0.2, -0.15) is 0 Å². The molecule has 17 heavy (non-hydrogen) atoms. The van der Waals surface area contributed by atoms with Crippen molar-refractivity contribution in [1.82, 2.24) is 0 Å². The number of rotatable bonds is 5. The molecule has 0 heterocycles. The molecule has 0 aliphatic rings. The Morgan fingerprint density at radius 3 is 2.65 bits per heavy atom. The van der Waals surface area contributed by atoms with Crippen molar-refractivity contribution in [3.8, 4) is 0 Å². The van der Waals surface area contributed by atoms with E-state index < -0.39 is 0 Å². The molecular weight excluding hydrogens is 206 g/mol. The zero-order chi connectivity index (χ0) is 12.8. The van der Waals surface area contributed by atoms with E-state index in [1.165, 1.54) is 22.4 Å². The van der Waals surface area contributed by atoms with Gasteiger partial charge in [0.25, 0.3) is 0 Å². The molecule has 94 valence electrons. The summed E-state index contributed by atoms with van der Waals surface area (Å²) in [5.74, 6) is 0.672. The molecule has 1 rings (SSSR count). The lowest BCUT2D eigenvalue weighted by Crippen LogP contribution is -2.09. The van der Waals surface area contributed by atoms with Gasteiger partial charge in [-0.05, 0) is 49.0 Å². The van der Waals surface area contributed by atoms with Crippen LogP contribution in [-0.2, 0) is 0 Å². The maximum absolute atomic E-state index is 3.52. The van der Waals surface area contributed by atoms with Crippen molar-refractivity contribution in [3.05, 3.63) is 35.4 Å². The van der Waals surface area contributed by atoms with E-state index in [4.69, 9.17) is 0 Å². The quantitative estimate of drug-likeness (QED) is 0.762. The van der Waals surface area contributed by atoms with E-state index >= 15 is 0 Å². The summed E-state index contributed by atoms with van der Waals surface area (Å²) in [7, 11) is 0. The summed E-state index contributed by atoms with van der Waals surface area (Å²) < 4.78 is 0. The van der Waals surface area contributed by atoms with Crippen molar-refractivity contribution in [2.75, 3.05) is 11.9 Å². The topological polar surface area (TPSA) is 12.0 Å². The summed E-state index contributed by atoms with van der Waals surface area (Å²) in [6.45, 7) is 12.0. The number of nitrogens with one attached hydrogen (secondary N) is 1. The first-order valence-corrected chi connectivity index (χ1v) is 6.56. The van der Waals surface area contributed by atoms with Crippen molar-refractivity contribution < 1.29 is 0 Å². The van der Waals surface area contributed by atoms with E-state index in [-0.39, 0.29) is 0 Å². The van der Waals surface area contributed by atoms with Gasteiger partial charge in [0.05, 0.1) is 0 Å². The van der Waals surface area contributed by atoms with Crippen LogP contribution in [0, 0.1) is 12.8 Å². The fourth-order valence-electron chi connectivity index (χ4n) is 1.80. The molecule has 1 aromatic carbocycles. The first kappa shape index (κ1) is 13.8. The van der Waals surface area contributed by atoms with Gasteiger partial charge >= 0.3 is 0 Å². The van der Waals surface area contributed by atoms with E-state index in [1.807, 2.05) is 0 Å². The Labute approximate surface area is 106 Å². The van der Waals surface area contributed by atoms with E-state index in [2.05, 4.69) is 64.2 Å². The molecule has 1 N–H and O–H groups in total. The molecule has 0 radical (unpaired) electrons. The van der Waals surface area contributed by atoms with Crippen molar-refractivity contribution in [2.45, 2.75) is 41.0 Å². The first-order chi connectivity index (χ1) is 8.04. The van der Waals surface area contributed by atoms with Crippen molar-refractivity contribution >= 4 is 11.3 Å². The predicted molar refractivity (Wildman–Crippen MR) is 78.4 cm³/mol. The second-order valence-electron chi connectivity index (χ2n) is 5.10. The Morgan fingerprint density at radius 1 is 1.35 bits per heavy atom. The second kappa shape index (κ2) is 6.48. The largest absolute Gasteiger partial charge is 0.385 e. The minimum absolute atomic E-state index is 0.672. The van der Waals surface area contributed by atoms with Crippen LogP contribution in [0.3, 0.4) is 0 Å². The summed E-state index contributed by atoms with van der Waals surface area (Å²) in [5.41, 5.74) is 5.27. The fraction of sp³-hybridized carbons (Fsp3) is 0.500. The second-order valence-corrected chi connectivity index (χ2v) is 5.10. The third kappa shape index (κ3) is 4.26. The lowest BCUT2D eigenvalue weighted by atomic mass is 10.0. The van der Waals surface area contributed by atoms with Gasteiger partial charge in [0, 0.05) is 12.2 Å². The smallest absolute Gasteiger partial charge is 0.0376 e. The van der Waals surface area contributed by atoms with Gasteiger partial charge in [-0.15, -0.1) is 0 Å². The monoisotopic (exact) mass is 231 g/mol. The summed E-state index contributed by atoms with van der Waals surface area (Å²) in [6, 6.07) is 6.67. The number of aryl methyl sites for hydroxylation is 1. The molecule has 0 unspecified atom stereocenters. The van der Waals surface area contributed by atoms with E-state index in [0.29, 0.717) is 5.92 Å². The molecule has 0 aliphatic heterocycles. The zero-order valence-corrected chi connectivity index (χ0v) is 11.8. The first-order valence-electron chi connectivity index (χ1n) is 6.56. The van der Waals surface area contributed by atoms with Gasteiger partial charge in [0.15, 0.2) is 0 Å². The highest BCUT2D eigenvalue weighted by Gasteiger charge is 2.02. The SMILES string of the molecule is CC/C=C(/C)c1ccc(C)c(NCC(C)C)c1. The molecule has 1 heteroatoms. The summed E-state index contributed by atoms with van der Waals surface area (Å²) in [4.78, 5) is 0. The highest BCUT2D eigenvalue weighted by molar-refractivity contribution is 5.68. The third-order valence-corrected chi connectivity index (χ3v) is 2.90.